The SMILES string of the molecule is C=C(C)C1CCC(C)=CC1c1c(O)cc(CCCCC)c(C(=O)N(C)OC)c1O. The standard InChI is InChI=1S/C24H35NO4/c1-7-8-9-10-17-14-20(26)22(23(27)21(17)24(28)25(5)29-6)19-13-16(4)11-12-18(19)15(2)3/h13-14,18-19,26-27H,2,7-12H2,1,3-6H3. The third kappa shape index (κ3) is 5.02. The maximum Gasteiger partial charge on any atom is 0.281 e. The fourth-order valence-electron chi connectivity index (χ4n) is 4.20. The van der Waals surface area contributed by atoms with Crippen LogP contribution in [0.3, 0.4) is 0 Å². The van der Waals surface area contributed by atoms with E-state index in [1.807, 2.05) is 6.92 Å². The Balaban J connectivity index is 2.65. The monoisotopic (exact) mass is 401 g/mol. The Kier molecular flexibility index (Phi) is 7.91. The number of benzene rings is 1. The minimum atomic E-state index is -0.416. The van der Waals surface area contributed by atoms with Gasteiger partial charge >= 0.3 is 0 Å². The summed E-state index contributed by atoms with van der Waals surface area (Å²) in [5.41, 5.74) is 3.49. The molecule has 0 saturated carbocycles. The molecule has 0 saturated heterocycles. The van der Waals surface area contributed by atoms with Crippen molar-refractivity contribution in [2.24, 2.45) is 5.92 Å². The fourth-order valence-corrected chi connectivity index (χ4v) is 4.20. The highest BCUT2D eigenvalue weighted by atomic mass is 16.7. The molecule has 1 aliphatic carbocycles. The minimum absolute atomic E-state index is 0.0350. The predicted molar refractivity (Wildman–Crippen MR) is 116 cm³/mol. The first-order valence-electron chi connectivity index (χ1n) is 10.4. The van der Waals surface area contributed by atoms with Gasteiger partial charge in [-0.05, 0) is 57.1 Å². The molecule has 0 radical (unpaired) electrons. The number of hydrogen-bond donors (Lipinski definition) is 2. The summed E-state index contributed by atoms with van der Waals surface area (Å²) in [5.74, 6) is -0.642. The van der Waals surface area contributed by atoms with Crippen LogP contribution in [0.2, 0.25) is 0 Å². The maximum atomic E-state index is 13.0. The van der Waals surface area contributed by atoms with Crippen molar-refractivity contribution in [2.45, 2.75) is 65.2 Å². The van der Waals surface area contributed by atoms with Gasteiger partial charge in [-0.3, -0.25) is 9.63 Å². The topological polar surface area (TPSA) is 70.0 Å². The third-order valence-electron chi connectivity index (χ3n) is 5.94. The van der Waals surface area contributed by atoms with Gasteiger partial charge in [0.2, 0.25) is 0 Å². The van der Waals surface area contributed by atoms with Gasteiger partial charge in [-0.2, -0.15) is 0 Å². The van der Waals surface area contributed by atoms with Crippen LogP contribution in [0.15, 0.2) is 29.9 Å². The van der Waals surface area contributed by atoms with Gasteiger partial charge in [0.25, 0.3) is 5.91 Å². The summed E-state index contributed by atoms with van der Waals surface area (Å²) in [6.45, 7) is 10.3. The van der Waals surface area contributed by atoms with Crippen LogP contribution < -0.4 is 0 Å². The Hall–Kier alpha value is -2.27. The predicted octanol–water partition coefficient (Wildman–Crippen LogP) is 5.48. The summed E-state index contributed by atoms with van der Waals surface area (Å²) in [7, 11) is 2.93. The van der Waals surface area contributed by atoms with Crippen LogP contribution in [0.4, 0.5) is 0 Å². The van der Waals surface area contributed by atoms with E-state index in [0.717, 1.165) is 42.7 Å². The molecular weight excluding hydrogens is 366 g/mol. The summed E-state index contributed by atoms with van der Waals surface area (Å²) in [6.07, 6.45) is 7.50. The zero-order chi connectivity index (χ0) is 21.7. The molecule has 0 fully saturated rings. The molecule has 160 valence electrons. The first-order chi connectivity index (χ1) is 13.7. The van der Waals surface area contributed by atoms with Crippen molar-refractivity contribution in [1.29, 1.82) is 0 Å². The number of amides is 1. The van der Waals surface area contributed by atoms with Gasteiger partial charge in [0.1, 0.15) is 11.5 Å². The van der Waals surface area contributed by atoms with E-state index in [2.05, 4.69) is 26.5 Å². The van der Waals surface area contributed by atoms with E-state index in [1.165, 1.54) is 19.7 Å². The first-order valence-corrected chi connectivity index (χ1v) is 10.4. The number of aryl methyl sites for hydroxylation is 1. The Morgan fingerprint density at radius 1 is 1.34 bits per heavy atom. The van der Waals surface area contributed by atoms with Crippen molar-refractivity contribution < 1.29 is 19.8 Å². The average Bonchev–Trinajstić information content (AvgIpc) is 2.66. The van der Waals surface area contributed by atoms with Crippen molar-refractivity contribution in [3.63, 3.8) is 0 Å². The molecule has 1 aliphatic rings. The maximum absolute atomic E-state index is 13.0. The van der Waals surface area contributed by atoms with Crippen molar-refractivity contribution in [2.75, 3.05) is 14.2 Å². The molecule has 2 rings (SSSR count). The molecule has 0 aliphatic heterocycles. The molecular formula is C24H35NO4. The largest absolute Gasteiger partial charge is 0.507 e. The quantitative estimate of drug-likeness (QED) is 0.344. The van der Waals surface area contributed by atoms with E-state index in [-0.39, 0.29) is 28.9 Å². The second kappa shape index (κ2) is 9.97. The lowest BCUT2D eigenvalue weighted by Crippen LogP contribution is -2.27. The average molecular weight is 402 g/mol. The van der Waals surface area contributed by atoms with Gasteiger partial charge in [0.15, 0.2) is 0 Å². The van der Waals surface area contributed by atoms with Crippen LogP contribution in [0.5, 0.6) is 11.5 Å². The lowest BCUT2D eigenvalue weighted by atomic mass is 9.73. The number of carbonyl (C=O) groups excluding carboxylic acids is 1. The number of hydrogen-bond acceptors (Lipinski definition) is 4. The van der Waals surface area contributed by atoms with Crippen LogP contribution in [0, 0.1) is 5.92 Å². The number of aromatic hydroxyl groups is 2. The molecule has 0 heterocycles. The van der Waals surface area contributed by atoms with Gasteiger partial charge < -0.3 is 10.2 Å². The highest BCUT2D eigenvalue weighted by molar-refractivity contribution is 5.98. The zero-order valence-electron chi connectivity index (χ0n) is 18.4. The number of rotatable bonds is 8. The summed E-state index contributed by atoms with van der Waals surface area (Å²) < 4.78 is 0. The molecule has 1 aromatic carbocycles. The number of phenols is 2. The number of unbranched alkanes of at least 4 members (excludes halogenated alkanes) is 2. The van der Waals surface area contributed by atoms with Crippen LogP contribution in [0.1, 0.15) is 80.3 Å². The fraction of sp³-hybridized carbons (Fsp3) is 0.542. The molecule has 0 spiro atoms. The van der Waals surface area contributed by atoms with Crippen LogP contribution in [-0.4, -0.2) is 35.3 Å². The Morgan fingerprint density at radius 2 is 2.03 bits per heavy atom. The molecule has 0 aromatic heterocycles. The van der Waals surface area contributed by atoms with Gasteiger partial charge in [-0.15, -0.1) is 0 Å². The van der Waals surface area contributed by atoms with Gasteiger partial charge in [0.05, 0.1) is 12.7 Å². The van der Waals surface area contributed by atoms with Crippen molar-refractivity contribution >= 4 is 5.91 Å². The second-order valence-electron chi connectivity index (χ2n) is 8.16. The number of allylic oxidation sites excluding steroid dienone is 3. The third-order valence-corrected chi connectivity index (χ3v) is 5.94. The van der Waals surface area contributed by atoms with Crippen molar-refractivity contribution in [3.05, 3.63) is 46.6 Å². The molecule has 29 heavy (non-hydrogen) atoms. The van der Waals surface area contributed by atoms with E-state index in [1.54, 1.807) is 6.07 Å². The summed E-state index contributed by atoms with van der Waals surface area (Å²) in [6, 6.07) is 1.65. The number of nitrogens with zero attached hydrogens (tertiary/aromatic N) is 1. The van der Waals surface area contributed by atoms with E-state index in [0.29, 0.717) is 17.5 Å². The van der Waals surface area contributed by atoms with Gasteiger partial charge in [0, 0.05) is 18.5 Å². The summed E-state index contributed by atoms with van der Waals surface area (Å²) >= 11 is 0. The van der Waals surface area contributed by atoms with E-state index in [9.17, 15) is 15.0 Å². The molecule has 1 aromatic rings. The lowest BCUT2D eigenvalue weighted by Gasteiger charge is -2.32. The van der Waals surface area contributed by atoms with Crippen molar-refractivity contribution in [3.8, 4) is 11.5 Å². The minimum Gasteiger partial charge on any atom is -0.507 e. The van der Waals surface area contributed by atoms with Gasteiger partial charge in [-0.1, -0.05) is 43.6 Å². The van der Waals surface area contributed by atoms with Gasteiger partial charge in [-0.25, -0.2) is 5.06 Å². The van der Waals surface area contributed by atoms with E-state index in [4.69, 9.17) is 4.84 Å². The highest BCUT2D eigenvalue weighted by Gasteiger charge is 2.33. The number of hydroxylamine groups is 2. The summed E-state index contributed by atoms with van der Waals surface area (Å²) in [5, 5.41) is 23.2. The van der Waals surface area contributed by atoms with Crippen LogP contribution >= 0.6 is 0 Å². The Morgan fingerprint density at radius 3 is 2.62 bits per heavy atom. The zero-order valence-corrected chi connectivity index (χ0v) is 18.4. The molecule has 5 heteroatoms. The smallest absolute Gasteiger partial charge is 0.281 e. The number of phenolic OH excluding ortho intramolecular Hbond substituents is 2. The molecule has 0 bridgehead atoms. The molecule has 2 unspecified atom stereocenters. The van der Waals surface area contributed by atoms with Crippen molar-refractivity contribution in [1.82, 2.24) is 5.06 Å². The van der Waals surface area contributed by atoms with E-state index < -0.39 is 5.91 Å². The first kappa shape index (κ1) is 23.0. The molecule has 5 nitrogen and oxygen atoms in total. The Labute approximate surface area is 174 Å². The Bertz CT molecular complexity index is 797. The second-order valence-corrected chi connectivity index (χ2v) is 8.16. The molecule has 2 atom stereocenters. The highest BCUT2D eigenvalue weighted by Crippen LogP contribution is 2.48. The normalized spacial score (nSPS) is 19.0. The summed E-state index contributed by atoms with van der Waals surface area (Å²) in [4.78, 5) is 18.1. The van der Waals surface area contributed by atoms with Crippen LogP contribution in [-0.2, 0) is 11.3 Å². The van der Waals surface area contributed by atoms with E-state index >= 15 is 0 Å². The van der Waals surface area contributed by atoms with Crippen LogP contribution in [0.25, 0.3) is 0 Å². The molecule has 1 amide bonds. The number of carbonyl (C=O) groups is 1. The molecule has 2 N–H and O–H groups in total. The lowest BCUT2D eigenvalue weighted by molar-refractivity contribution is -0.0759.